The van der Waals surface area contributed by atoms with E-state index in [0.717, 1.165) is 18.4 Å². The number of oxime groups is 1. The van der Waals surface area contributed by atoms with E-state index in [4.69, 9.17) is 5.21 Å². The van der Waals surface area contributed by atoms with Crippen molar-refractivity contribution in [3.63, 3.8) is 0 Å². The fraction of sp³-hybridized carbons (Fsp3) is 0.500. The van der Waals surface area contributed by atoms with Crippen molar-refractivity contribution in [1.29, 1.82) is 0 Å². The van der Waals surface area contributed by atoms with Gasteiger partial charge < -0.3 is 5.21 Å². The molecule has 0 amide bonds. The molecule has 1 saturated carbocycles. The summed E-state index contributed by atoms with van der Waals surface area (Å²) in [5.41, 5.74) is 1.06. The van der Waals surface area contributed by atoms with Crippen LogP contribution in [0.1, 0.15) is 19.3 Å². The number of fused-ring (bicyclic) bond motifs is 1. The van der Waals surface area contributed by atoms with Crippen molar-refractivity contribution in [2.45, 2.75) is 25.3 Å². The van der Waals surface area contributed by atoms with Gasteiger partial charge in [-0.2, -0.15) is 0 Å². The maximum atomic E-state index is 10.8. The van der Waals surface area contributed by atoms with Crippen LogP contribution in [0.3, 0.4) is 0 Å². The van der Waals surface area contributed by atoms with Gasteiger partial charge in [-0.3, -0.25) is 10.1 Å². The minimum Gasteiger partial charge on any atom is -0.410 e. The molecule has 5 heteroatoms. The first kappa shape index (κ1) is 9.89. The van der Waals surface area contributed by atoms with E-state index in [0.29, 0.717) is 6.42 Å². The van der Waals surface area contributed by atoms with Crippen LogP contribution in [0.15, 0.2) is 29.0 Å². The van der Waals surface area contributed by atoms with Gasteiger partial charge in [0.1, 0.15) is 0 Å². The monoisotopic (exact) mass is 208 g/mol. The summed E-state index contributed by atoms with van der Waals surface area (Å²) < 4.78 is 0. The Labute approximate surface area is 86.9 Å². The van der Waals surface area contributed by atoms with Crippen molar-refractivity contribution < 1.29 is 10.1 Å². The largest absolute Gasteiger partial charge is 0.410 e. The van der Waals surface area contributed by atoms with Crippen LogP contribution in [0.25, 0.3) is 0 Å². The molecule has 0 heterocycles. The van der Waals surface area contributed by atoms with Crippen LogP contribution in [0, 0.1) is 16.0 Å². The zero-order valence-electron chi connectivity index (χ0n) is 8.17. The quantitative estimate of drug-likeness (QED) is 0.405. The molecule has 2 aliphatic rings. The molecule has 1 N–H and O–H groups in total. The highest BCUT2D eigenvalue weighted by molar-refractivity contribution is 6.04. The third-order valence-corrected chi connectivity index (χ3v) is 3.03. The average Bonchev–Trinajstić information content (AvgIpc) is 2.27. The van der Waals surface area contributed by atoms with Gasteiger partial charge in [0.25, 0.3) is 6.04 Å². The number of allylic oxidation sites excluding steroid dienone is 3. The molecule has 0 spiro atoms. The Kier molecular flexibility index (Phi) is 2.53. The van der Waals surface area contributed by atoms with E-state index in [1.165, 1.54) is 0 Å². The number of nitro groups is 1. The predicted molar refractivity (Wildman–Crippen MR) is 54.6 cm³/mol. The van der Waals surface area contributed by atoms with Gasteiger partial charge in [0.05, 0.1) is 0 Å². The topological polar surface area (TPSA) is 75.7 Å². The van der Waals surface area contributed by atoms with Gasteiger partial charge in [0, 0.05) is 11.3 Å². The lowest BCUT2D eigenvalue weighted by atomic mass is 9.76. The molecule has 0 aromatic carbocycles. The molecule has 0 aromatic heterocycles. The molecule has 0 saturated heterocycles. The Morgan fingerprint density at radius 3 is 3.00 bits per heavy atom. The molecular weight excluding hydrogens is 196 g/mol. The van der Waals surface area contributed by atoms with Gasteiger partial charge in [-0.05, 0) is 24.3 Å². The first-order chi connectivity index (χ1) is 7.24. The van der Waals surface area contributed by atoms with Gasteiger partial charge in [-0.25, -0.2) is 0 Å². The summed E-state index contributed by atoms with van der Waals surface area (Å²) in [5.74, 6) is 0.289. The highest BCUT2D eigenvalue weighted by Gasteiger charge is 2.38. The van der Waals surface area contributed by atoms with E-state index in [1.807, 2.05) is 18.2 Å². The minimum atomic E-state index is -0.844. The van der Waals surface area contributed by atoms with Crippen LogP contribution in [0.2, 0.25) is 0 Å². The molecule has 80 valence electrons. The summed E-state index contributed by atoms with van der Waals surface area (Å²) >= 11 is 0. The Morgan fingerprint density at radius 2 is 2.33 bits per heavy atom. The molecule has 2 unspecified atom stereocenters. The fourth-order valence-electron chi connectivity index (χ4n) is 2.26. The van der Waals surface area contributed by atoms with Crippen LogP contribution in [0.4, 0.5) is 0 Å². The summed E-state index contributed by atoms with van der Waals surface area (Å²) in [4.78, 5) is 10.4. The Bertz CT molecular complexity index is 371. The number of nitrogens with zero attached hydrogens (tertiary/aromatic N) is 2. The van der Waals surface area contributed by atoms with Gasteiger partial charge in [-0.1, -0.05) is 23.4 Å². The van der Waals surface area contributed by atoms with E-state index >= 15 is 0 Å². The van der Waals surface area contributed by atoms with Crippen molar-refractivity contribution in [2.75, 3.05) is 0 Å². The first-order valence-corrected chi connectivity index (χ1v) is 4.96. The summed E-state index contributed by atoms with van der Waals surface area (Å²) in [6.45, 7) is 0. The Hall–Kier alpha value is -1.65. The zero-order chi connectivity index (χ0) is 10.8. The molecule has 2 atom stereocenters. The van der Waals surface area contributed by atoms with Crippen molar-refractivity contribution in [3.05, 3.63) is 33.9 Å². The molecule has 5 nitrogen and oxygen atoms in total. The second-order valence-corrected chi connectivity index (χ2v) is 3.85. The van der Waals surface area contributed by atoms with Crippen molar-refractivity contribution >= 4 is 5.71 Å². The van der Waals surface area contributed by atoms with Crippen LogP contribution < -0.4 is 0 Å². The second kappa shape index (κ2) is 3.84. The van der Waals surface area contributed by atoms with Crippen LogP contribution in [-0.2, 0) is 0 Å². The standard InChI is InChI=1S/C10H12N2O3/c13-11-10-8-4-2-1-3-7(8)5-6-9(10)12(14)15/h1-2,4,7,9,13H,3,5-6H2. The van der Waals surface area contributed by atoms with Gasteiger partial charge in [0.2, 0.25) is 0 Å². The molecule has 15 heavy (non-hydrogen) atoms. The van der Waals surface area contributed by atoms with Gasteiger partial charge in [-0.15, -0.1) is 0 Å². The third kappa shape index (κ3) is 1.65. The molecule has 2 rings (SSSR count). The molecule has 2 aliphatic carbocycles. The van der Waals surface area contributed by atoms with Gasteiger partial charge >= 0.3 is 0 Å². The van der Waals surface area contributed by atoms with Crippen LogP contribution in [0.5, 0.6) is 0 Å². The first-order valence-electron chi connectivity index (χ1n) is 4.96. The maximum Gasteiger partial charge on any atom is 0.258 e. The number of hydrogen-bond acceptors (Lipinski definition) is 4. The lowest BCUT2D eigenvalue weighted by molar-refractivity contribution is -0.504. The second-order valence-electron chi connectivity index (χ2n) is 3.85. The minimum absolute atomic E-state index is 0.237. The summed E-state index contributed by atoms with van der Waals surface area (Å²) in [6, 6.07) is -0.844. The van der Waals surface area contributed by atoms with Crippen molar-refractivity contribution in [1.82, 2.24) is 0 Å². The summed E-state index contributed by atoms with van der Waals surface area (Å²) in [7, 11) is 0. The van der Waals surface area contributed by atoms with Crippen molar-refractivity contribution in [2.24, 2.45) is 11.1 Å². The Morgan fingerprint density at radius 1 is 1.53 bits per heavy atom. The Balaban J connectivity index is 2.34. The highest BCUT2D eigenvalue weighted by Crippen LogP contribution is 2.33. The van der Waals surface area contributed by atoms with Gasteiger partial charge in [0.15, 0.2) is 5.71 Å². The van der Waals surface area contributed by atoms with Crippen LogP contribution in [-0.4, -0.2) is 21.9 Å². The molecular formula is C10H12N2O3. The molecule has 1 fully saturated rings. The number of hydrogen-bond donors (Lipinski definition) is 1. The SMILES string of the molecule is O=[N+]([O-])C1CCC2CC=CC=C2C1=NO. The predicted octanol–water partition coefficient (Wildman–Crippen LogP) is 1.76. The smallest absolute Gasteiger partial charge is 0.258 e. The van der Waals surface area contributed by atoms with E-state index in [-0.39, 0.29) is 16.6 Å². The molecule has 0 bridgehead atoms. The lowest BCUT2D eigenvalue weighted by Crippen LogP contribution is -2.38. The van der Waals surface area contributed by atoms with Crippen LogP contribution >= 0.6 is 0 Å². The lowest BCUT2D eigenvalue weighted by Gasteiger charge is -2.28. The normalized spacial score (nSPS) is 32.3. The maximum absolute atomic E-state index is 10.8. The fourth-order valence-corrected chi connectivity index (χ4v) is 2.26. The van der Waals surface area contributed by atoms with E-state index in [2.05, 4.69) is 5.16 Å². The van der Waals surface area contributed by atoms with Crippen molar-refractivity contribution in [3.8, 4) is 0 Å². The third-order valence-electron chi connectivity index (χ3n) is 3.03. The average molecular weight is 208 g/mol. The van der Waals surface area contributed by atoms with E-state index in [1.54, 1.807) is 0 Å². The zero-order valence-corrected chi connectivity index (χ0v) is 8.17. The number of rotatable bonds is 1. The molecule has 0 aromatic rings. The molecule has 0 radical (unpaired) electrons. The summed E-state index contributed by atoms with van der Waals surface area (Å²) in [5, 5.41) is 22.7. The summed E-state index contributed by atoms with van der Waals surface area (Å²) in [6.07, 6.45) is 7.85. The van der Waals surface area contributed by atoms with E-state index in [9.17, 15) is 10.1 Å². The molecule has 0 aliphatic heterocycles. The highest BCUT2D eigenvalue weighted by atomic mass is 16.6. The van der Waals surface area contributed by atoms with E-state index < -0.39 is 6.04 Å².